The molecular weight excluding hydrogens is 354 g/mol. The highest BCUT2D eigenvalue weighted by Gasteiger charge is 2.25. The summed E-state index contributed by atoms with van der Waals surface area (Å²) in [5.74, 6) is -0.423. The largest absolute Gasteiger partial charge is 0.444 e. The third-order valence-electron chi connectivity index (χ3n) is 3.26. The zero-order chi connectivity index (χ0) is 20.8. The van der Waals surface area contributed by atoms with E-state index in [1.54, 1.807) is 20.8 Å². The zero-order valence-electron chi connectivity index (χ0n) is 16.4. The summed E-state index contributed by atoms with van der Waals surface area (Å²) in [5.41, 5.74) is 0.765. The second-order valence-corrected chi connectivity index (χ2v) is 7.51. The highest BCUT2D eigenvalue weighted by molar-refractivity contribution is 5.87. The smallest absolute Gasteiger partial charge is 0.408 e. The molecule has 1 unspecified atom stereocenters. The predicted molar refractivity (Wildman–Crippen MR) is 101 cm³/mol. The average molecular weight is 381 g/mol. The van der Waals surface area contributed by atoms with Gasteiger partial charge in [-0.15, -0.1) is 0 Å². The SMILES string of the molecule is Cc1[nH]c(=O)[nH]c(=O)c1/C=N/NC(=O)C(CC(C)C)NC(=O)OC(C)(C)C. The summed E-state index contributed by atoms with van der Waals surface area (Å²) in [7, 11) is 0. The Balaban J connectivity index is 2.84. The number of hydrazone groups is 1. The van der Waals surface area contributed by atoms with Crippen LogP contribution in [-0.2, 0) is 9.53 Å². The van der Waals surface area contributed by atoms with Crippen LogP contribution in [0.3, 0.4) is 0 Å². The second kappa shape index (κ2) is 9.15. The Morgan fingerprint density at radius 1 is 1.22 bits per heavy atom. The van der Waals surface area contributed by atoms with E-state index in [1.807, 2.05) is 13.8 Å². The van der Waals surface area contributed by atoms with Crippen LogP contribution in [0.1, 0.15) is 52.3 Å². The fourth-order valence-electron chi connectivity index (χ4n) is 2.16. The van der Waals surface area contributed by atoms with Gasteiger partial charge in [-0.1, -0.05) is 13.8 Å². The number of amides is 2. The number of hydrogen-bond acceptors (Lipinski definition) is 6. The van der Waals surface area contributed by atoms with Crippen LogP contribution in [0, 0.1) is 12.8 Å². The van der Waals surface area contributed by atoms with Crippen molar-refractivity contribution in [1.82, 2.24) is 20.7 Å². The number of aromatic nitrogens is 2. The molecular formula is C17H27N5O5. The van der Waals surface area contributed by atoms with Gasteiger partial charge in [-0.3, -0.25) is 14.6 Å². The summed E-state index contributed by atoms with van der Waals surface area (Å²) in [5, 5.41) is 6.27. The molecule has 27 heavy (non-hydrogen) atoms. The minimum atomic E-state index is -0.855. The molecule has 0 fully saturated rings. The van der Waals surface area contributed by atoms with Crippen molar-refractivity contribution in [3.63, 3.8) is 0 Å². The molecule has 10 heteroatoms. The molecule has 0 aromatic carbocycles. The summed E-state index contributed by atoms with van der Waals surface area (Å²) in [4.78, 5) is 51.7. The Morgan fingerprint density at radius 3 is 2.37 bits per heavy atom. The number of aryl methyl sites for hydroxylation is 1. The quantitative estimate of drug-likeness (QED) is 0.424. The van der Waals surface area contributed by atoms with Gasteiger partial charge in [0, 0.05) is 5.69 Å². The lowest BCUT2D eigenvalue weighted by molar-refractivity contribution is -0.123. The minimum absolute atomic E-state index is 0.107. The summed E-state index contributed by atoms with van der Waals surface area (Å²) in [6.45, 7) is 10.5. The Kier molecular flexibility index (Phi) is 7.50. The van der Waals surface area contributed by atoms with E-state index in [-0.39, 0.29) is 11.5 Å². The van der Waals surface area contributed by atoms with Crippen LogP contribution in [-0.4, -0.2) is 39.8 Å². The second-order valence-electron chi connectivity index (χ2n) is 7.51. The number of nitrogens with one attached hydrogen (secondary N) is 4. The van der Waals surface area contributed by atoms with Crippen LogP contribution < -0.4 is 22.0 Å². The maximum Gasteiger partial charge on any atom is 0.408 e. The Bertz CT molecular complexity index is 816. The number of carbonyl (C=O) groups excluding carboxylic acids is 2. The van der Waals surface area contributed by atoms with Crippen molar-refractivity contribution in [1.29, 1.82) is 0 Å². The Hall–Kier alpha value is -2.91. The molecule has 4 N–H and O–H groups in total. The number of H-pyrrole nitrogens is 2. The molecule has 0 saturated heterocycles. The van der Waals surface area contributed by atoms with Crippen LogP contribution in [0.4, 0.5) is 4.79 Å². The van der Waals surface area contributed by atoms with Crippen LogP contribution in [0.15, 0.2) is 14.7 Å². The first-order valence-corrected chi connectivity index (χ1v) is 8.54. The van der Waals surface area contributed by atoms with E-state index in [0.717, 1.165) is 6.21 Å². The molecule has 1 heterocycles. The first-order valence-electron chi connectivity index (χ1n) is 8.54. The van der Waals surface area contributed by atoms with E-state index < -0.39 is 34.9 Å². The summed E-state index contributed by atoms with van der Waals surface area (Å²) >= 11 is 0. The average Bonchev–Trinajstić information content (AvgIpc) is 2.46. The molecule has 1 rings (SSSR count). The number of alkyl carbamates (subject to hydrolysis) is 1. The predicted octanol–water partition coefficient (Wildman–Crippen LogP) is 0.761. The van der Waals surface area contributed by atoms with Gasteiger partial charge in [-0.25, -0.2) is 15.0 Å². The zero-order valence-corrected chi connectivity index (χ0v) is 16.4. The molecule has 2 amide bonds. The minimum Gasteiger partial charge on any atom is -0.444 e. The van der Waals surface area contributed by atoms with E-state index in [0.29, 0.717) is 12.1 Å². The van der Waals surface area contributed by atoms with Gasteiger partial charge in [0.25, 0.3) is 11.5 Å². The first kappa shape index (κ1) is 22.1. The van der Waals surface area contributed by atoms with Crippen LogP contribution >= 0.6 is 0 Å². The molecule has 1 atom stereocenters. The topological polar surface area (TPSA) is 146 Å². The van der Waals surface area contributed by atoms with Gasteiger partial charge >= 0.3 is 11.8 Å². The van der Waals surface area contributed by atoms with E-state index in [4.69, 9.17) is 4.74 Å². The van der Waals surface area contributed by atoms with Gasteiger partial charge in [-0.2, -0.15) is 5.10 Å². The molecule has 0 aliphatic rings. The van der Waals surface area contributed by atoms with Crippen molar-refractivity contribution in [2.75, 3.05) is 0 Å². The van der Waals surface area contributed by atoms with Crippen molar-refractivity contribution >= 4 is 18.2 Å². The highest BCUT2D eigenvalue weighted by atomic mass is 16.6. The van der Waals surface area contributed by atoms with Crippen molar-refractivity contribution in [2.45, 2.75) is 59.6 Å². The number of carbonyl (C=O) groups is 2. The number of aromatic amines is 2. The van der Waals surface area contributed by atoms with Gasteiger partial charge in [0.15, 0.2) is 0 Å². The molecule has 10 nitrogen and oxygen atoms in total. The van der Waals surface area contributed by atoms with Gasteiger partial charge in [0.05, 0.1) is 11.8 Å². The molecule has 150 valence electrons. The highest BCUT2D eigenvalue weighted by Crippen LogP contribution is 2.09. The van der Waals surface area contributed by atoms with Crippen molar-refractivity contribution in [3.05, 3.63) is 32.1 Å². The lowest BCUT2D eigenvalue weighted by Gasteiger charge is -2.23. The Morgan fingerprint density at radius 2 is 1.85 bits per heavy atom. The van der Waals surface area contributed by atoms with E-state index >= 15 is 0 Å². The van der Waals surface area contributed by atoms with Crippen LogP contribution in [0.2, 0.25) is 0 Å². The maximum atomic E-state index is 12.4. The maximum absolute atomic E-state index is 12.4. The van der Waals surface area contributed by atoms with Crippen LogP contribution in [0.5, 0.6) is 0 Å². The number of nitrogens with zero attached hydrogens (tertiary/aromatic N) is 1. The lowest BCUT2D eigenvalue weighted by Crippen LogP contribution is -2.47. The van der Waals surface area contributed by atoms with Gasteiger partial charge in [-0.05, 0) is 40.0 Å². The number of ether oxygens (including phenoxy) is 1. The van der Waals surface area contributed by atoms with Gasteiger partial charge in [0.2, 0.25) is 0 Å². The summed E-state index contributed by atoms with van der Waals surface area (Å²) in [6.07, 6.45) is 0.793. The van der Waals surface area contributed by atoms with Crippen molar-refractivity contribution in [2.24, 2.45) is 11.0 Å². The van der Waals surface area contributed by atoms with Gasteiger partial charge < -0.3 is 15.0 Å². The fraction of sp³-hybridized carbons (Fsp3) is 0.588. The fourth-order valence-corrected chi connectivity index (χ4v) is 2.16. The Labute approximate surface area is 156 Å². The normalized spacial score (nSPS) is 12.9. The molecule has 0 spiro atoms. The van der Waals surface area contributed by atoms with Crippen LogP contribution in [0.25, 0.3) is 0 Å². The summed E-state index contributed by atoms with van der Waals surface area (Å²) < 4.78 is 5.17. The molecule has 0 saturated carbocycles. The standard InChI is InChI=1S/C17H27N5O5/c1-9(2)7-12(20-16(26)27-17(4,5)6)14(24)22-18-8-11-10(3)19-15(25)21-13(11)23/h8-9,12H,7H2,1-6H3,(H,20,26)(H,22,24)(H2,19,21,23,25)/b18-8+. The third kappa shape index (κ3) is 7.89. The summed E-state index contributed by atoms with van der Waals surface area (Å²) in [6, 6.07) is -0.855. The number of hydrogen-bond donors (Lipinski definition) is 4. The van der Waals surface area contributed by atoms with E-state index in [9.17, 15) is 19.2 Å². The van der Waals surface area contributed by atoms with Crippen molar-refractivity contribution in [3.8, 4) is 0 Å². The van der Waals surface area contributed by atoms with Crippen molar-refractivity contribution < 1.29 is 14.3 Å². The van der Waals surface area contributed by atoms with Gasteiger partial charge in [0.1, 0.15) is 11.6 Å². The molecule has 0 aliphatic heterocycles. The first-order chi connectivity index (χ1) is 12.4. The van der Waals surface area contributed by atoms with E-state index in [2.05, 4.69) is 25.8 Å². The monoisotopic (exact) mass is 381 g/mol. The molecule has 1 aromatic rings. The lowest BCUT2D eigenvalue weighted by atomic mass is 10.0. The van der Waals surface area contributed by atoms with E-state index in [1.165, 1.54) is 6.92 Å². The molecule has 0 bridgehead atoms. The molecule has 0 aliphatic carbocycles. The number of rotatable bonds is 6. The molecule has 1 aromatic heterocycles. The molecule has 0 radical (unpaired) electrons. The third-order valence-corrected chi connectivity index (χ3v) is 3.26.